The molecule has 1 heterocycles. The average molecular weight is 415 g/mol. The fourth-order valence-electron chi connectivity index (χ4n) is 3.67. The second-order valence-electron chi connectivity index (χ2n) is 7.52. The minimum Gasteiger partial charge on any atom is -0.497 e. The summed E-state index contributed by atoms with van der Waals surface area (Å²) in [4.78, 5) is 14.6. The van der Waals surface area contributed by atoms with E-state index in [4.69, 9.17) is 9.47 Å². The lowest BCUT2D eigenvalue weighted by Gasteiger charge is -2.17. The van der Waals surface area contributed by atoms with Gasteiger partial charge in [0.25, 0.3) is 5.91 Å². The Bertz CT molecular complexity index is 1250. The summed E-state index contributed by atoms with van der Waals surface area (Å²) in [5, 5.41) is 9.00. The number of hydrogen-bond acceptors (Lipinski definition) is 4. The van der Waals surface area contributed by atoms with Crippen molar-refractivity contribution in [1.29, 1.82) is 0 Å². The second kappa shape index (κ2) is 8.52. The van der Waals surface area contributed by atoms with E-state index in [-0.39, 0.29) is 5.91 Å². The van der Waals surface area contributed by atoms with Gasteiger partial charge in [0.2, 0.25) is 0 Å². The first kappa shape index (κ1) is 20.5. The van der Waals surface area contributed by atoms with Crippen LogP contribution < -0.4 is 9.47 Å². The zero-order chi connectivity index (χ0) is 22.0. The molecule has 0 atom stereocenters. The predicted octanol–water partition coefficient (Wildman–Crippen LogP) is 4.83. The molecule has 0 radical (unpaired) electrons. The van der Waals surface area contributed by atoms with Crippen molar-refractivity contribution < 1.29 is 14.3 Å². The van der Waals surface area contributed by atoms with E-state index in [0.29, 0.717) is 12.1 Å². The van der Waals surface area contributed by atoms with Gasteiger partial charge in [0, 0.05) is 42.0 Å². The summed E-state index contributed by atoms with van der Waals surface area (Å²) in [6.07, 6.45) is 1.76. The molecule has 1 amide bonds. The number of nitrogens with zero attached hydrogens (tertiary/aromatic N) is 2. The van der Waals surface area contributed by atoms with E-state index in [0.717, 1.165) is 44.7 Å². The van der Waals surface area contributed by atoms with Crippen molar-refractivity contribution in [1.82, 2.24) is 15.1 Å². The van der Waals surface area contributed by atoms with Crippen LogP contribution in [0.1, 0.15) is 21.6 Å². The molecule has 4 rings (SSSR count). The summed E-state index contributed by atoms with van der Waals surface area (Å²) in [5.41, 5.74) is 4.67. The molecule has 31 heavy (non-hydrogen) atoms. The van der Waals surface area contributed by atoms with Gasteiger partial charge >= 0.3 is 0 Å². The Hall–Kier alpha value is -3.80. The molecule has 0 fully saturated rings. The zero-order valence-corrected chi connectivity index (χ0v) is 18.1. The van der Waals surface area contributed by atoms with Crippen molar-refractivity contribution in [3.05, 3.63) is 77.6 Å². The summed E-state index contributed by atoms with van der Waals surface area (Å²) in [7, 11) is 5.09. The van der Waals surface area contributed by atoms with Crippen LogP contribution in [0.3, 0.4) is 0 Å². The van der Waals surface area contributed by atoms with Gasteiger partial charge in [-0.1, -0.05) is 18.2 Å². The minimum atomic E-state index is -0.0246. The lowest BCUT2D eigenvalue weighted by Crippen LogP contribution is -2.26. The first-order valence-corrected chi connectivity index (χ1v) is 10.0. The number of hydrogen-bond donors (Lipinski definition) is 1. The Balaban J connectivity index is 1.61. The Morgan fingerprint density at radius 2 is 1.77 bits per heavy atom. The molecule has 1 aromatic heterocycles. The first-order valence-electron chi connectivity index (χ1n) is 10.0. The maximum Gasteiger partial charge on any atom is 0.253 e. The molecular weight excluding hydrogens is 390 g/mol. The fraction of sp³-hybridized carbons (Fsp3) is 0.200. The average Bonchev–Trinajstić information content (AvgIpc) is 3.21. The van der Waals surface area contributed by atoms with Gasteiger partial charge in [0.05, 0.1) is 20.4 Å². The van der Waals surface area contributed by atoms with E-state index < -0.39 is 0 Å². The number of aromatic nitrogens is 2. The van der Waals surface area contributed by atoms with Crippen LogP contribution in [0, 0.1) is 6.92 Å². The van der Waals surface area contributed by atoms with E-state index in [2.05, 4.69) is 16.3 Å². The van der Waals surface area contributed by atoms with Gasteiger partial charge in [-0.3, -0.25) is 9.89 Å². The van der Waals surface area contributed by atoms with Gasteiger partial charge in [-0.2, -0.15) is 5.10 Å². The fourth-order valence-corrected chi connectivity index (χ4v) is 3.67. The van der Waals surface area contributed by atoms with Gasteiger partial charge in [-0.15, -0.1) is 0 Å². The zero-order valence-electron chi connectivity index (χ0n) is 18.1. The largest absolute Gasteiger partial charge is 0.497 e. The third kappa shape index (κ3) is 4.10. The first-order chi connectivity index (χ1) is 15.0. The number of carbonyl (C=O) groups excluding carboxylic acids is 1. The number of H-pyrrole nitrogens is 1. The normalized spacial score (nSPS) is 10.8. The molecule has 0 aliphatic rings. The van der Waals surface area contributed by atoms with E-state index in [9.17, 15) is 4.79 Å². The quantitative estimate of drug-likeness (QED) is 0.490. The van der Waals surface area contributed by atoms with Crippen LogP contribution in [0.5, 0.6) is 11.5 Å². The van der Waals surface area contributed by atoms with E-state index in [1.807, 2.05) is 55.5 Å². The smallest absolute Gasteiger partial charge is 0.253 e. The molecule has 4 aromatic rings. The molecule has 6 heteroatoms. The molecule has 0 unspecified atom stereocenters. The molecule has 0 aliphatic carbocycles. The Morgan fingerprint density at radius 3 is 2.48 bits per heavy atom. The molecule has 0 spiro atoms. The number of nitrogens with one attached hydrogen (secondary N) is 1. The van der Waals surface area contributed by atoms with Crippen molar-refractivity contribution >= 4 is 16.7 Å². The number of aryl methyl sites for hydroxylation is 1. The van der Waals surface area contributed by atoms with Gasteiger partial charge in [0.1, 0.15) is 11.5 Å². The van der Waals surface area contributed by atoms with Crippen LogP contribution >= 0.6 is 0 Å². The Morgan fingerprint density at radius 1 is 1.00 bits per heavy atom. The molecule has 0 bridgehead atoms. The summed E-state index contributed by atoms with van der Waals surface area (Å²) in [6, 6.07) is 17.8. The number of carbonyl (C=O) groups is 1. The van der Waals surface area contributed by atoms with E-state index in [1.54, 1.807) is 32.4 Å². The van der Waals surface area contributed by atoms with Crippen molar-refractivity contribution in [2.24, 2.45) is 0 Å². The third-order valence-corrected chi connectivity index (χ3v) is 5.50. The Labute approximate surface area is 181 Å². The number of ether oxygens (including phenoxy) is 2. The van der Waals surface area contributed by atoms with E-state index in [1.165, 1.54) is 0 Å². The van der Waals surface area contributed by atoms with Crippen molar-refractivity contribution in [3.63, 3.8) is 0 Å². The van der Waals surface area contributed by atoms with Crippen LogP contribution in [0.25, 0.3) is 21.9 Å². The van der Waals surface area contributed by atoms with Crippen molar-refractivity contribution in [2.45, 2.75) is 13.5 Å². The minimum absolute atomic E-state index is 0.0246. The summed E-state index contributed by atoms with van der Waals surface area (Å²) >= 11 is 0. The van der Waals surface area contributed by atoms with Crippen LogP contribution in [0.4, 0.5) is 0 Å². The van der Waals surface area contributed by atoms with Gasteiger partial charge in [0.15, 0.2) is 0 Å². The highest BCUT2D eigenvalue weighted by Crippen LogP contribution is 2.35. The number of fused-ring (bicyclic) bond motifs is 1. The topological polar surface area (TPSA) is 67.5 Å². The molecule has 6 nitrogen and oxygen atoms in total. The lowest BCUT2D eigenvalue weighted by atomic mass is 9.99. The number of rotatable bonds is 6. The molecule has 158 valence electrons. The third-order valence-electron chi connectivity index (χ3n) is 5.50. The Kier molecular flexibility index (Phi) is 5.62. The maximum absolute atomic E-state index is 12.9. The lowest BCUT2D eigenvalue weighted by molar-refractivity contribution is 0.0785. The molecule has 0 saturated carbocycles. The highest BCUT2D eigenvalue weighted by atomic mass is 16.5. The molecular formula is C25H25N3O3. The summed E-state index contributed by atoms with van der Waals surface area (Å²) in [6.45, 7) is 2.46. The highest BCUT2D eigenvalue weighted by molar-refractivity contribution is 5.99. The summed E-state index contributed by atoms with van der Waals surface area (Å²) in [5.74, 6) is 1.48. The maximum atomic E-state index is 12.9. The monoisotopic (exact) mass is 415 g/mol. The van der Waals surface area contributed by atoms with Crippen LogP contribution in [0.2, 0.25) is 0 Å². The van der Waals surface area contributed by atoms with Crippen LogP contribution in [-0.2, 0) is 6.54 Å². The van der Waals surface area contributed by atoms with Gasteiger partial charge < -0.3 is 14.4 Å². The SMILES string of the molecule is COc1ccc(-c2ccc3cc(C(=O)N(C)Cc4cn[nH]c4C)ccc3c2)c(OC)c1. The number of amides is 1. The predicted molar refractivity (Wildman–Crippen MR) is 122 cm³/mol. The molecule has 3 aromatic carbocycles. The standard InChI is InChI=1S/C25H25N3O3/c1-16-21(14-26-27-16)15-28(2)25(29)20-8-6-17-11-19(7-5-18(17)12-20)23-10-9-22(30-3)13-24(23)31-4/h5-14H,15H2,1-4H3,(H,26,27). The van der Waals surface area contributed by atoms with Crippen molar-refractivity contribution in [3.8, 4) is 22.6 Å². The number of methoxy groups -OCH3 is 2. The second-order valence-corrected chi connectivity index (χ2v) is 7.52. The number of benzene rings is 3. The molecule has 0 aliphatic heterocycles. The van der Waals surface area contributed by atoms with E-state index >= 15 is 0 Å². The van der Waals surface area contributed by atoms with Crippen LogP contribution in [0.15, 0.2) is 60.8 Å². The van der Waals surface area contributed by atoms with Gasteiger partial charge in [-0.05, 0) is 53.6 Å². The summed E-state index contributed by atoms with van der Waals surface area (Å²) < 4.78 is 10.8. The van der Waals surface area contributed by atoms with Gasteiger partial charge in [-0.25, -0.2) is 0 Å². The molecule has 1 N–H and O–H groups in total. The van der Waals surface area contributed by atoms with Crippen molar-refractivity contribution in [2.75, 3.05) is 21.3 Å². The molecule has 0 saturated heterocycles. The number of aromatic amines is 1. The highest BCUT2D eigenvalue weighted by Gasteiger charge is 2.15. The van der Waals surface area contributed by atoms with Crippen LogP contribution in [-0.4, -0.2) is 42.3 Å².